The fraction of sp³-hybridized carbons (Fsp3) is 0.0714. The molecule has 2 rings (SSSR count). The van der Waals surface area contributed by atoms with Crippen LogP contribution < -0.4 is 0 Å². The molecule has 0 bridgehead atoms. The molecule has 0 unspecified atom stereocenters. The Balaban J connectivity index is 2.62. The highest BCUT2D eigenvalue weighted by molar-refractivity contribution is 7.95. The molecule has 0 saturated heterocycles. The third kappa shape index (κ3) is 3.13. The van der Waals surface area contributed by atoms with Crippen LogP contribution in [0, 0.1) is 11.3 Å². The van der Waals surface area contributed by atoms with E-state index in [1.54, 1.807) is 36.0 Å². The zero-order valence-electron chi connectivity index (χ0n) is 10.9. The number of sulfone groups is 1. The van der Waals surface area contributed by atoms with Gasteiger partial charge in [-0.3, -0.25) is 0 Å². The Labute approximate surface area is 132 Å². The molecule has 7 heteroatoms. The molecule has 0 aliphatic carbocycles. The molecule has 0 fully saturated rings. The van der Waals surface area contributed by atoms with Crippen molar-refractivity contribution in [2.75, 3.05) is 0 Å². The molecular weight excluding hydrogens is 331 g/mol. The molecule has 0 saturated carbocycles. The minimum atomic E-state index is -4.03. The number of rotatable bonds is 3. The number of nitriles is 1. The van der Waals surface area contributed by atoms with E-state index in [1.807, 2.05) is 0 Å². The fourth-order valence-corrected chi connectivity index (χ4v) is 3.63. The van der Waals surface area contributed by atoms with Crippen LogP contribution in [0.3, 0.4) is 0 Å². The molecule has 0 amide bonds. The highest BCUT2D eigenvalue weighted by atomic mass is 35.5. The maximum Gasteiger partial charge on any atom is 0.218 e. The summed E-state index contributed by atoms with van der Waals surface area (Å²) < 4.78 is 26.8. The van der Waals surface area contributed by atoms with Crippen LogP contribution in [0.25, 0.3) is 6.08 Å². The van der Waals surface area contributed by atoms with E-state index in [0.717, 1.165) is 0 Å². The molecule has 4 nitrogen and oxygen atoms in total. The normalized spacial score (nSPS) is 12.2. The minimum Gasteiger partial charge on any atom is -0.351 e. The molecule has 2 aromatic rings. The predicted octanol–water partition coefficient (Wildman–Crippen LogP) is 3.67. The number of aryl methyl sites for hydroxylation is 1. The van der Waals surface area contributed by atoms with Gasteiger partial charge in [0.15, 0.2) is 4.91 Å². The monoisotopic (exact) mass is 340 g/mol. The fourth-order valence-electron chi connectivity index (χ4n) is 1.73. The molecule has 0 spiro atoms. The number of nitrogens with zero attached hydrogens (tertiary/aromatic N) is 2. The van der Waals surface area contributed by atoms with Gasteiger partial charge >= 0.3 is 0 Å². The number of allylic oxidation sites excluding steroid dienone is 1. The van der Waals surface area contributed by atoms with E-state index in [9.17, 15) is 13.7 Å². The molecule has 108 valence electrons. The second-order valence-corrected chi connectivity index (χ2v) is 6.97. The lowest BCUT2D eigenvalue weighted by molar-refractivity contribution is 0.603. The van der Waals surface area contributed by atoms with Gasteiger partial charge in [0, 0.05) is 24.0 Å². The van der Waals surface area contributed by atoms with Crippen molar-refractivity contribution >= 4 is 39.1 Å². The van der Waals surface area contributed by atoms with E-state index in [4.69, 9.17) is 23.2 Å². The molecule has 1 heterocycles. The van der Waals surface area contributed by atoms with Gasteiger partial charge in [-0.05, 0) is 36.4 Å². The zero-order chi connectivity index (χ0) is 15.6. The molecular formula is C14H10Cl2N2O2S. The van der Waals surface area contributed by atoms with Gasteiger partial charge < -0.3 is 4.57 Å². The maximum atomic E-state index is 12.5. The van der Waals surface area contributed by atoms with E-state index < -0.39 is 14.7 Å². The summed E-state index contributed by atoms with van der Waals surface area (Å²) in [6, 6.07) is 9.26. The Morgan fingerprint density at radius 3 is 2.62 bits per heavy atom. The third-order valence-corrected chi connectivity index (χ3v) is 5.23. The summed E-state index contributed by atoms with van der Waals surface area (Å²) in [6.07, 6.45) is 3.05. The molecule has 0 atom stereocenters. The summed E-state index contributed by atoms with van der Waals surface area (Å²) in [5.41, 5.74) is 0.591. The van der Waals surface area contributed by atoms with Crippen molar-refractivity contribution in [3.05, 3.63) is 57.2 Å². The molecule has 0 N–H and O–H groups in total. The van der Waals surface area contributed by atoms with Crippen molar-refractivity contribution in [1.29, 1.82) is 5.26 Å². The van der Waals surface area contributed by atoms with Crippen molar-refractivity contribution in [1.82, 2.24) is 4.57 Å². The van der Waals surface area contributed by atoms with Crippen LogP contribution in [0.15, 0.2) is 46.3 Å². The van der Waals surface area contributed by atoms with Crippen molar-refractivity contribution in [3.8, 4) is 6.07 Å². The minimum absolute atomic E-state index is 0.0208. The van der Waals surface area contributed by atoms with Gasteiger partial charge in [0.05, 0.1) is 9.92 Å². The lowest BCUT2D eigenvalue weighted by atomic mass is 10.4. The summed E-state index contributed by atoms with van der Waals surface area (Å²) >= 11 is 11.7. The van der Waals surface area contributed by atoms with Gasteiger partial charge in [0.2, 0.25) is 9.84 Å². The summed E-state index contributed by atoms with van der Waals surface area (Å²) in [4.78, 5) is -0.577. The van der Waals surface area contributed by atoms with Gasteiger partial charge in [-0.2, -0.15) is 5.26 Å². The van der Waals surface area contributed by atoms with Crippen molar-refractivity contribution in [2.45, 2.75) is 4.90 Å². The SMILES string of the molecule is Cn1cccc1/C=C(\C#N)S(=O)(=O)c1cc(Cl)ccc1Cl. The number of hydrogen-bond donors (Lipinski definition) is 0. The number of halogens is 2. The average Bonchev–Trinajstić information content (AvgIpc) is 2.83. The first kappa shape index (κ1) is 15.6. The summed E-state index contributed by atoms with van der Waals surface area (Å²) in [5, 5.41) is 9.44. The first-order valence-corrected chi connectivity index (χ1v) is 8.03. The van der Waals surface area contributed by atoms with E-state index in [2.05, 4.69) is 0 Å². The van der Waals surface area contributed by atoms with Crippen molar-refractivity contribution in [2.24, 2.45) is 7.05 Å². The zero-order valence-corrected chi connectivity index (χ0v) is 13.2. The highest BCUT2D eigenvalue weighted by Gasteiger charge is 2.24. The number of benzene rings is 1. The first-order chi connectivity index (χ1) is 9.86. The highest BCUT2D eigenvalue weighted by Crippen LogP contribution is 2.30. The van der Waals surface area contributed by atoms with Crippen molar-refractivity contribution in [3.63, 3.8) is 0 Å². The van der Waals surface area contributed by atoms with E-state index >= 15 is 0 Å². The Hall–Kier alpha value is -1.74. The summed E-state index contributed by atoms with van der Waals surface area (Å²) in [6.45, 7) is 0. The molecule has 0 aliphatic rings. The molecule has 21 heavy (non-hydrogen) atoms. The Bertz CT molecular complexity index is 861. The lowest BCUT2D eigenvalue weighted by Crippen LogP contribution is -2.05. The van der Waals surface area contributed by atoms with Crippen LogP contribution in [0.4, 0.5) is 0 Å². The maximum absolute atomic E-state index is 12.5. The third-order valence-electron chi connectivity index (χ3n) is 2.85. The van der Waals surface area contributed by atoms with Crippen LogP contribution in [0.5, 0.6) is 0 Å². The Morgan fingerprint density at radius 1 is 1.33 bits per heavy atom. The average molecular weight is 341 g/mol. The van der Waals surface area contributed by atoms with Crippen molar-refractivity contribution < 1.29 is 8.42 Å². The molecule has 1 aromatic heterocycles. The van der Waals surface area contributed by atoms with Gasteiger partial charge in [0.1, 0.15) is 6.07 Å². The Kier molecular flexibility index (Phi) is 4.43. The van der Waals surface area contributed by atoms with Crippen LogP contribution in [-0.4, -0.2) is 13.0 Å². The van der Waals surface area contributed by atoms with Gasteiger partial charge in [0.25, 0.3) is 0 Å². The largest absolute Gasteiger partial charge is 0.351 e. The van der Waals surface area contributed by atoms with Crippen LogP contribution >= 0.6 is 23.2 Å². The summed E-state index contributed by atoms with van der Waals surface area (Å²) in [7, 11) is -2.28. The van der Waals surface area contributed by atoms with Crippen LogP contribution in [-0.2, 0) is 16.9 Å². The topological polar surface area (TPSA) is 62.9 Å². The van der Waals surface area contributed by atoms with Crippen LogP contribution in [0.2, 0.25) is 10.0 Å². The first-order valence-electron chi connectivity index (χ1n) is 5.79. The second-order valence-electron chi connectivity index (χ2n) is 4.24. The standard InChI is InChI=1S/C14H10Cl2N2O2S/c1-18-6-2-3-11(18)8-12(9-17)21(19,20)14-7-10(15)4-5-13(14)16/h2-8H,1H3/b12-8+. The Morgan fingerprint density at radius 2 is 2.05 bits per heavy atom. The molecule has 0 aliphatic heterocycles. The lowest BCUT2D eigenvalue weighted by Gasteiger charge is -2.06. The summed E-state index contributed by atoms with van der Waals surface area (Å²) in [5.74, 6) is 0. The van der Waals surface area contributed by atoms with Gasteiger partial charge in [-0.1, -0.05) is 23.2 Å². The van der Waals surface area contributed by atoms with Gasteiger partial charge in [-0.15, -0.1) is 0 Å². The predicted molar refractivity (Wildman–Crippen MR) is 82.7 cm³/mol. The van der Waals surface area contributed by atoms with E-state index in [1.165, 1.54) is 24.3 Å². The molecule has 0 radical (unpaired) electrons. The quantitative estimate of drug-likeness (QED) is 0.800. The smallest absolute Gasteiger partial charge is 0.218 e. The van der Waals surface area contributed by atoms with E-state index in [0.29, 0.717) is 5.69 Å². The van der Waals surface area contributed by atoms with E-state index in [-0.39, 0.29) is 14.9 Å². The number of aromatic nitrogens is 1. The number of hydrogen-bond acceptors (Lipinski definition) is 3. The second kappa shape index (κ2) is 5.94. The molecule has 1 aromatic carbocycles. The van der Waals surface area contributed by atoms with Crippen LogP contribution in [0.1, 0.15) is 5.69 Å². The van der Waals surface area contributed by atoms with Gasteiger partial charge in [-0.25, -0.2) is 8.42 Å².